The summed E-state index contributed by atoms with van der Waals surface area (Å²) in [5.74, 6) is -0.426. The number of benzene rings is 1. The molecule has 2 rings (SSSR count). The maximum Gasteiger partial charge on any atom is 0.340 e. The molecule has 0 aliphatic heterocycles. The molecule has 2 aromatic rings. The number of nitrogens with two attached hydrogens (primary N) is 1. The van der Waals surface area contributed by atoms with E-state index in [1.807, 2.05) is 0 Å². The number of ether oxygens (including phenoxy) is 1. The second kappa shape index (κ2) is 5.59. The van der Waals surface area contributed by atoms with Crippen LogP contribution in [0.3, 0.4) is 0 Å². The molecule has 0 unspecified atom stereocenters. The van der Waals surface area contributed by atoms with Crippen LogP contribution in [0.25, 0.3) is 0 Å². The van der Waals surface area contributed by atoms with Gasteiger partial charge in [-0.1, -0.05) is 6.07 Å². The van der Waals surface area contributed by atoms with Gasteiger partial charge >= 0.3 is 5.97 Å². The van der Waals surface area contributed by atoms with E-state index in [-0.39, 0.29) is 0 Å². The highest BCUT2D eigenvalue weighted by Crippen LogP contribution is 2.32. The Kier molecular flexibility index (Phi) is 3.88. The van der Waals surface area contributed by atoms with Gasteiger partial charge in [0.15, 0.2) is 0 Å². The summed E-state index contributed by atoms with van der Waals surface area (Å²) in [5, 5.41) is 0.475. The molecule has 18 heavy (non-hydrogen) atoms. The first kappa shape index (κ1) is 12.5. The van der Waals surface area contributed by atoms with Gasteiger partial charge in [0.05, 0.1) is 24.1 Å². The molecule has 1 heterocycles. The van der Waals surface area contributed by atoms with Crippen LogP contribution in [-0.2, 0) is 4.74 Å². The molecular formula is C12H12N2O3S. The van der Waals surface area contributed by atoms with E-state index in [2.05, 4.69) is 4.98 Å². The summed E-state index contributed by atoms with van der Waals surface area (Å²) in [6.45, 7) is 2.06. The van der Waals surface area contributed by atoms with Gasteiger partial charge in [0, 0.05) is 4.90 Å². The van der Waals surface area contributed by atoms with Crippen LogP contribution in [0, 0.1) is 0 Å². The van der Waals surface area contributed by atoms with Crippen LogP contribution in [0.5, 0.6) is 0 Å². The Morgan fingerprint density at radius 2 is 2.39 bits per heavy atom. The number of hydrogen-bond acceptors (Lipinski definition) is 6. The second-order valence-electron chi connectivity index (χ2n) is 3.34. The topological polar surface area (TPSA) is 78.3 Å². The maximum absolute atomic E-state index is 11.7. The van der Waals surface area contributed by atoms with Crippen LogP contribution in [0.15, 0.2) is 45.2 Å². The quantitative estimate of drug-likeness (QED) is 0.675. The fourth-order valence-electron chi connectivity index (χ4n) is 1.37. The van der Waals surface area contributed by atoms with Crippen molar-refractivity contribution < 1.29 is 13.9 Å². The standard InChI is InChI=1S/C12H12N2O3S/c1-2-16-11(15)8-4-3-5-9(10(8)13)18-12-14-6-7-17-12/h3-7H,2,13H2,1H3. The lowest BCUT2D eigenvalue weighted by molar-refractivity contribution is 0.0527. The lowest BCUT2D eigenvalue weighted by Crippen LogP contribution is -2.08. The minimum atomic E-state index is -0.426. The Morgan fingerprint density at radius 1 is 1.56 bits per heavy atom. The Hall–Kier alpha value is -1.95. The molecule has 2 N–H and O–H groups in total. The Labute approximate surface area is 108 Å². The van der Waals surface area contributed by atoms with E-state index in [1.54, 1.807) is 31.3 Å². The normalized spacial score (nSPS) is 10.3. The molecule has 0 saturated carbocycles. The summed E-state index contributed by atoms with van der Waals surface area (Å²) in [6, 6.07) is 5.17. The van der Waals surface area contributed by atoms with Crippen LogP contribution >= 0.6 is 11.8 Å². The minimum Gasteiger partial charge on any atom is -0.462 e. The molecule has 0 spiro atoms. The summed E-state index contributed by atoms with van der Waals surface area (Å²) in [4.78, 5) is 16.4. The molecule has 1 aromatic carbocycles. The summed E-state index contributed by atoms with van der Waals surface area (Å²) in [6.07, 6.45) is 3.03. The highest BCUT2D eigenvalue weighted by atomic mass is 32.2. The number of nitrogens with zero attached hydrogens (tertiary/aromatic N) is 1. The Balaban J connectivity index is 2.27. The Morgan fingerprint density at radius 3 is 3.06 bits per heavy atom. The first-order valence-electron chi connectivity index (χ1n) is 5.35. The lowest BCUT2D eigenvalue weighted by Gasteiger charge is -2.08. The first-order chi connectivity index (χ1) is 8.72. The molecule has 0 radical (unpaired) electrons. The van der Waals surface area contributed by atoms with Crippen molar-refractivity contribution in [2.24, 2.45) is 0 Å². The molecule has 0 aliphatic carbocycles. The van der Waals surface area contributed by atoms with E-state index in [9.17, 15) is 4.79 Å². The number of aromatic nitrogens is 1. The fraction of sp³-hybridized carbons (Fsp3) is 0.167. The summed E-state index contributed by atoms with van der Waals surface area (Å²) in [7, 11) is 0. The van der Waals surface area contributed by atoms with Crippen molar-refractivity contribution in [3.8, 4) is 0 Å². The third-order valence-electron chi connectivity index (χ3n) is 2.17. The summed E-state index contributed by atoms with van der Waals surface area (Å²) in [5.41, 5.74) is 6.67. The van der Waals surface area contributed by atoms with Crippen LogP contribution < -0.4 is 5.73 Å². The van der Waals surface area contributed by atoms with E-state index in [0.29, 0.717) is 28.0 Å². The fourth-order valence-corrected chi connectivity index (χ4v) is 2.15. The lowest BCUT2D eigenvalue weighted by atomic mass is 10.2. The van der Waals surface area contributed by atoms with Crippen molar-refractivity contribution in [2.45, 2.75) is 17.0 Å². The number of nitrogen functional groups attached to an aromatic ring is 1. The number of anilines is 1. The highest BCUT2D eigenvalue weighted by molar-refractivity contribution is 7.99. The SMILES string of the molecule is CCOC(=O)c1cccc(Sc2ncco2)c1N. The minimum absolute atomic E-state index is 0.315. The number of para-hydroxylation sites is 1. The third kappa shape index (κ3) is 2.65. The van der Waals surface area contributed by atoms with Crippen molar-refractivity contribution in [3.63, 3.8) is 0 Å². The molecule has 0 saturated heterocycles. The highest BCUT2D eigenvalue weighted by Gasteiger charge is 2.15. The number of carbonyl (C=O) groups excluding carboxylic acids is 1. The van der Waals surface area contributed by atoms with Gasteiger partial charge in [0.2, 0.25) is 0 Å². The average Bonchev–Trinajstić information content (AvgIpc) is 2.85. The van der Waals surface area contributed by atoms with Gasteiger partial charge in [0.25, 0.3) is 5.22 Å². The summed E-state index contributed by atoms with van der Waals surface area (Å²) >= 11 is 1.26. The van der Waals surface area contributed by atoms with E-state index in [0.717, 1.165) is 0 Å². The van der Waals surface area contributed by atoms with Gasteiger partial charge in [0.1, 0.15) is 6.26 Å². The summed E-state index contributed by atoms with van der Waals surface area (Å²) < 4.78 is 10.1. The van der Waals surface area contributed by atoms with Crippen molar-refractivity contribution in [1.29, 1.82) is 0 Å². The molecule has 0 amide bonds. The molecule has 94 valence electrons. The number of esters is 1. The predicted molar refractivity (Wildman–Crippen MR) is 67.4 cm³/mol. The van der Waals surface area contributed by atoms with Crippen LogP contribution in [0.1, 0.15) is 17.3 Å². The second-order valence-corrected chi connectivity index (χ2v) is 4.33. The molecule has 1 aromatic heterocycles. The van der Waals surface area contributed by atoms with Crippen molar-refractivity contribution >= 4 is 23.4 Å². The van der Waals surface area contributed by atoms with Gasteiger partial charge in [-0.05, 0) is 30.8 Å². The van der Waals surface area contributed by atoms with Crippen LogP contribution in [0.2, 0.25) is 0 Å². The van der Waals surface area contributed by atoms with E-state index >= 15 is 0 Å². The van der Waals surface area contributed by atoms with Crippen molar-refractivity contribution in [2.75, 3.05) is 12.3 Å². The van der Waals surface area contributed by atoms with E-state index in [4.69, 9.17) is 14.9 Å². The zero-order valence-electron chi connectivity index (χ0n) is 9.75. The smallest absolute Gasteiger partial charge is 0.340 e. The zero-order chi connectivity index (χ0) is 13.0. The third-order valence-corrected chi connectivity index (χ3v) is 3.12. The number of carbonyl (C=O) groups is 1. The zero-order valence-corrected chi connectivity index (χ0v) is 10.6. The molecule has 0 atom stereocenters. The maximum atomic E-state index is 11.7. The van der Waals surface area contributed by atoms with Gasteiger partial charge in [-0.2, -0.15) is 0 Å². The van der Waals surface area contributed by atoms with Crippen molar-refractivity contribution in [3.05, 3.63) is 36.2 Å². The number of rotatable bonds is 4. The molecule has 0 fully saturated rings. The molecule has 0 aliphatic rings. The molecule has 6 heteroatoms. The molecule has 5 nitrogen and oxygen atoms in total. The largest absolute Gasteiger partial charge is 0.462 e. The van der Waals surface area contributed by atoms with Crippen LogP contribution in [-0.4, -0.2) is 17.6 Å². The monoisotopic (exact) mass is 264 g/mol. The van der Waals surface area contributed by atoms with Crippen LogP contribution in [0.4, 0.5) is 5.69 Å². The van der Waals surface area contributed by atoms with Gasteiger partial charge < -0.3 is 14.9 Å². The van der Waals surface area contributed by atoms with Gasteiger partial charge in [-0.3, -0.25) is 0 Å². The first-order valence-corrected chi connectivity index (χ1v) is 6.17. The average molecular weight is 264 g/mol. The van der Waals surface area contributed by atoms with Gasteiger partial charge in [-0.25, -0.2) is 9.78 Å². The number of hydrogen-bond donors (Lipinski definition) is 1. The Bertz CT molecular complexity index is 540. The van der Waals surface area contributed by atoms with Gasteiger partial charge in [-0.15, -0.1) is 0 Å². The van der Waals surface area contributed by atoms with E-state index in [1.165, 1.54) is 18.0 Å². The molecular weight excluding hydrogens is 252 g/mol. The predicted octanol–water partition coefficient (Wildman–Crippen LogP) is 2.58. The molecule has 0 bridgehead atoms. The van der Waals surface area contributed by atoms with Crippen molar-refractivity contribution in [1.82, 2.24) is 4.98 Å². The number of oxazole rings is 1. The van der Waals surface area contributed by atoms with E-state index < -0.39 is 5.97 Å².